The molecule has 0 aliphatic heterocycles. The molecular weight excluding hydrogens is 342 g/mol. The number of imidazole rings is 1. The van der Waals surface area contributed by atoms with Gasteiger partial charge in [0.25, 0.3) is 0 Å². The van der Waals surface area contributed by atoms with Crippen LogP contribution in [0, 0.1) is 0 Å². The number of para-hydroxylation sites is 2. The highest BCUT2D eigenvalue weighted by atomic mass is 16.2. The van der Waals surface area contributed by atoms with Gasteiger partial charge in [0.15, 0.2) is 0 Å². The van der Waals surface area contributed by atoms with E-state index in [2.05, 4.69) is 10.4 Å². The Balaban J connectivity index is 1.59. The maximum absolute atomic E-state index is 12.8. The fourth-order valence-corrected chi connectivity index (χ4v) is 4.10. The summed E-state index contributed by atoms with van der Waals surface area (Å²) in [6.45, 7) is 2.72. The lowest BCUT2D eigenvalue weighted by Crippen LogP contribution is -2.36. The van der Waals surface area contributed by atoms with Crippen LogP contribution in [0.4, 0.5) is 0 Å². The van der Waals surface area contributed by atoms with Crippen molar-refractivity contribution in [1.29, 1.82) is 0 Å². The minimum Gasteiger partial charge on any atom is -0.348 e. The lowest BCUT2D eigenvalue weighted by Gasteiger charge is -2.23. The van der Waals surface area contributed by atoms with Crippen LogP contribution in [0.25, 0.3) is 11.0 Å². The van der Waals surface area contributed by atoms with Gasteiger partial charge in [0, 0.05) is 24.8 Å². The van der Waals surface area contributed by atoms with Crippen molar-refractivity contribution in [3.63, 3.8) is 0 Å². The molecule has 7 nitrogen and oxygen atoms in total. The molecule has 2 aromatic heterocycles. The lowest BCUT2D eigenvalue weighted by atomic mass is 9.93. The molecule has 1 aliphatic rings. The number of carbonyl (C=O) groups excluding carboxylic acids is 1. The Morgan fingerprint density at radius 2 is 2.00 bits per heavy atom. The third kappa shape index (κ3) is 3.07. The molecule has 1 aromatic carbocycles. The van der Waals surface area contributed by atoms with Gasteiger partial charge in [-0.1, -0.05) is 19.1 Å². The van der Waals surface area contributed by atoms with Gasteiger partial charge in [-0.15, -0.1) is 0 Å². The summed E-state index contributed by atoms with van der Waals surface area (Å²) in [6.07, 6.45) is 5.62. The molecule has 1 unspecified atom stereocenters. The maximum atomic E-state index is 12.8. The Kier molecular flexibility index (Phi) is 4.59. The summed E-state index contributed by atoms with van der Waals surface area (Å²) < 4.78 is 5.21. The van der Waals surface area contributed by atoms with Crippen LogP contribution in [0.15, 0.2) is 35.3 Å². The molecule has 2 heterocycles. The number of amides is 1. The Bertz CT molecular complexity index is 1040. The average Bonchev–Trinajstić information content (AvgIpc) is 3.17. The van der Waals surface area contributed by atoms with Crippen LogP contribution in [0.3, 0.4) is 0 Å². The zero-order valence-electron chi connectivity index (χ0n) is 15.8. The fourth-order valence-electron chi connectivity index (χ4n) is 4.10. The van der Waals surface area contributed by atoms with Crippen LogP contribution >= 0.6 is 0 Å². The zero-order valence-corrected chi connectivity index (χ0v) is 15.8. The molecule has 1 atom stereocenters. The molecule has 0 fully saturated rings. The van der Waals surface area contributed by atoms with Crippen LogP contribution in [-0.4, -0.2) is 24.8 Å². The van der Waals surface area contributed by atoms with E-state index in [0.717, 1.165) is 42.3 Å². The summed E-state index contributed by atoms with van der Waals surface area (Å²) in [5.41, 5.74) is 3.83. The highest BCUT2D eigenvalue weighted by molar-refractivity contribution is 5.81. The second kappa shape index (κ2) is 7.06. The largest absolute Gasteiger partial charge is 0.348 e. The fraction of sp³-hybridized carbons (Fsp3) is 0.450. The number of nitrogens with one attached hydrogen (secondary N) is 1. The third-order valence-electron chi connectivity index (χ3n) is 5.38. The summed E-state index contributed by atoms with van der Waals surface area (Å²) in [7, 11) is 1.94. The Morgan fingerprint density at radius 3 is 2.74 bits per heavy atom. The number of nitrogens with zero attached hydrogens (tertiary/aromatic N) is 4. The summed E-state index contributed by atoms with van der Waals surface area (Å²) in [5, 5.41) is 7.43. The number of hydrogen-bond donors (Lipinski definition) is 1. The van der Waals surface area contributed by atoms with E-state index in [1.165, 1.54) is 5.69 Å². The minimum atomic E-state index is -0.141. The Morgan fingerprint density at radius 1 is 1.26 bits per heavy atom. The van der Waals surface area contributed by atoms with E-state index in [1.54, 1.807) is 9.13 Å². The first kappa shape index (κ1) is 17.6. The molecule has 4 rings (SSSR count). The SMILES string of the molecule is CCCn1c(=O)n(CC(=O)NC2CCCc3c2cnn3C)c2ccccc21. The summed E-state index contributed by atoms with van der Waals surface area (Å²) >= 11 is 0. The molecule has 1 amide bonds. The Hall–Kier alpha value is -2.83. The van der Waals surface area contributed by atoms with E-state index < -0.39 is 0 Å². The van der Waals surface area contributed by atoms with Gasteiger partial charge in [-0.2, -0.15) is 5.10 Å². The number of aromatic nitrogens is 4. The van der Waals surface area contributed by atoms with Crippen molar-refractivity contribution < 1.29 is 4.79 Å². The van der Waals surface area contributed by atoms with Gasteiger partial charge >= 0.3 is 5.69 Å². The molecule has 27 heavy (non-hydrogen) atoms. The maximum Gasteiger partial charge on any atom is 0.329 e. The third-order valence-corrected chi connectivity index (χ3v) is 5.38. The van der Waals surface area contributed by atoms with Crippen molar-refractivity contribution in [1.82, 2.24) is 24.2 Å². The molecule has 3 aromatic rings. The quantitative estimate of drug-likeness (QED) is 0.751. The van der Waals surface area contributed by atoms with Crippen LogP contribution in [-0.2, 0) is 31.4 Å². The van der Waals surface area contributed by atoms with Gasteiger partial charge in [0.2, 0.25) is 5.91 Å². The van der Waals surface area contributed by atoms with Gasteiger partial charge in [-0.3, -0.25) is 18.6 Å². The molecule has 0 radical (unpaired) electrons. The summed E-state index contributed by atoms with van der Waals surface area (Å²) in [4.78, 5) is 25.6. The summed E-state index contributed by atoms with van der Waals surface area (Å²) in [6, 6.07) is 7.62. The molecule has 7 heteroatoms. The van der Waals surface area contributed by atoms with Crippen molar-refractivity contribution in [3.05, 3.63) is 52.2 Å². The predicted octanol–water partition coefficient (Wildman–Crippen LogP) is 2.14. The van der Waals surface area contributed by atoms with Gasteiger partial charge in [-0.05, 0) is 37.8 Å². The second-order valence-corrected chi connectivity index (χ2v) is 7.19. The topological polar surface area (TPSA) is 73.8 Å². The molecule has 0 saturated heterocycles. The standard InChI is InChI=1S/C20H25N5O2/c1-3-11-24-17-8-4-5-9-18(17)25(20(24)27)13-19(26)22-15-7-6-10-16-14(15)12-21-23(16)2/h4-5,8-9,12,15H,3,6-7,10-11,13H2,1-2H3,(H,22,26). The molecular formula is C20H25N5O2. The highest BCUT2D eigenvalue weighted by Crippen LogP contribution is 2.29. The number of benzene rings is 1. The van der Waals surface area contributed by atoms with Crippen LogP contribution in [0.2, 0.25) is 0 Å². The molecule has 142 valence electrons. The number of hydrogen-bond acceptors (Lipinski definition) is 3. The number of fused-ring (bicyclic) bond motifs is 2. The first-order valence-corrected chi connectivity index (χ1v) is 9.58. The summed E-state index contributed by atoms with van der Waals surface area (Å²) in [5.74, 6) is -0.141. The monoisotopic (exact) mass is 367 g/mol. The lowest BCUT2D eigenvalue weighted by molar-refractivity contribution is -0.122. The van der Waals surface area contributed by atoms with Crippen molar-refractivity contribution >= 4 is 16.9 Å². The zero-order chi connectivity index (χ0) is 19.0. The average molecular weight is 367 g/mol. The molecule has 1 N–H and O–H groups in total. The van der Waals surface area contributed by atoms with E-state index in [-0.39, 0.29) is 24.2 Å². The van der Waals surface area contributed by atoms with Crippen molar-refractivity contribution in [2.45, 2.75) is 51.7 Å². The van der Waals surface area contributed by atoms with Crippen LogP contribution < -0.4 is 11.0 Å². The van der Waals surface area contributed by atoms with Crippen molar-refractivity contribution in [2.75, 3.05) is 0 Å². The van der Waals surface area contributed by atoms with Gasteiger partial charge < -0.3 is 5.32 Å². The van der Waals surface area contributed by atoms with Gasteiger partial charge in [0.1, 0.15) is 6.54 Å². The number of rotatable bonds is 5. The minimum absolute atomic E-state index is 0.0299. The van der Waals surface area contributed by atoms with E-state index in [4.69, 9.17) is 0 Å². The first-order valence-electron chi connectivity index (χ1n) is 9.58. The van der Waals surface area contributed by atoms with Crippen molar-refractivity contribution in [3.8, 4) is 0 Å². The molecule has 0 bridgehead atoms. The van der Waals surface area contributed by atoms with E-state index in [9.17, 15) is 9.59 Å². The van der Waals surface area contributed by atoms with Gasteiger partial charge in [0.05, 0.1) is 23.3 Å². The Labute approximate surface area is 157 Å². The van der Waals surface area contributed by atoms with E-state index >= 15 is 0 Å². The number of aryl methyl sites for hydroxylation is 2. The smallest absolute Gasteiger partial charge is 0.329 e. The molecule has 0 spiro atoms. The van der Waals surface area contributed by atoms with Gasteiger partial charge in [-0.25, -0.2) is 4.79 Å². The van der Waals surface area contributed by atoms with E-state index in [1.807, 2.05) is 49.1 Å². The normalized spacial score (nSPS) is 16.4. The number of carbonyl (C=O) groups is 1. The predicted molar refractivity (Wildman–Crippen MR) is 104 cm³/mol. The molecule has 1 aliphatic carbocycles. The molecule has 0 saturated carbocycles. The second-order valence-electron chi connectivity index (χ2n) is 7.19. The first-order chi connectivity index (χ1) is 13.1. The highest BCUT2D eigenvalue weighted by Gasteiger charge is 2.25. The van der Waals surface area contributed by atoms with Crippen LogP contribution in [0.1, 0.15) is 43.5 Å². The van der Waals surface area contributed by atoms with E-state index in [0.29, 0.717) is 6.54 Å². The van der Waals surface area contributed by atoms with Crippen LogP contribution in [0.5, 0.6) is 0 Å². The van der Waals surface area contributed by atoms with Crippen molar-refractivity contribution in [2.24, 2.45) is 7.05 Å².